The first-order chi connectivity index (χ1) is 9.02. The Labute approximate surface area is 119 Å². The van der Waals surface area contributed by atoms with Crippen LogP contribution in [0.2, 0.25) is 0 Å². The van der Waals surface area contributed by atoms with Gasteiger partial charge in [0.25, 0.3) is 0 Å². The topological polar surface area (TPSA) is 69.7 Å². The molecule has 0 aliphatic rings. The Morgan fingerprint density at radius 1 is 1.15 bits per heavy atom. The van der Waals surface area contributed by atoms with Gasteiger partial charge in [-0.1, -0.05) is 20.8 Å². The zero-order valence-electron chi connectivity index (χ0n) is 12.6. The van der Waals surface area contributed by atoms with Crippen LogP contribution in [0.15, 0.2) is 17.0 Å². The third kappa shape index (κ3) is 3.30. The average Bonchev–Trinajstić information content (AvgIpc) is 2.33. The summed E-state index contributed by atoms with van der Waals surface area (Å²) in [5.74, 6) is -0.310. The fourth-order valence-electron chi connectivity index (χ4n) is 1.88. The second-order valence-corrected chi connectivity index (χ2v) is 7.55. The molecule has 6 heteroatoms. The molecule has 0 aromatic heterocycles. The van der Waals surface area contributed by atoms with Crippen LogP contribution in [0, 0.1) is 0 Å². The summed E-state index contributed by atoms with van der Waals surface area (Å²) in [6.45, 7) is 5.74. The summed E-state index contributed by atoms with van der Waals surface area (Å²) in [6, 6.07) is 2.90. The van der Waals surface area contributed by atoms with Gasteiger partial charge in [0.2, 0.25) is 0 Å². The van der Waals surface area contributed by atoms with Crippen molar-refractivity contribution < 1.29 is 22.7 Å². The maximum Gasteiger partial charge on any atom is 0.337 e. The summed E-state index contributed by atoms with van der Waals surface area (Å²) in [5, 5.41) is 0. The molecule has 0 saturated carbocycles. The van der Waals surface area contributed by atoms with E-state index < -0.39 is 15.8 Å². The summed E-state index contributed by atoms with van der Waals surface area (Å²) < 4.78 is 33.8. The molecule has 0 aliphatic heterocycles. The van der Waals surface area contributed by atoms with Crippen molar-refractivity contribution in [3.05, 3.63) is 23.3 Å². The van der Waals surface area contributed by atoms with Gasteiger partial charge in [-0.2, -0.15) is 0 Å². The van der Waals surface area contributed by atoms with Crippen molar-refractivity contribution in [3.8, 4) is 5.75 Å². The normalized spacial score (nSPS) is 12.1. The van der Waals surface area contributed by atoms with Gasteiger partial charge in [-0.25, -0.2) is 13.2 Å². The zero-order valence-corrected chi connectivity index (χ0v) is 13.4. The van der Waals surface area contributed by atoms with E-state index in [4.69, 9.17) is 4.74 Å². The van der Waals surface area contributed by atoms with Crippen LogP contribution in [0.25, 0.3) is 0 Å². The maximum atomic E-state index is 11.9. The number of hydrogen-bond acceptors (Lipinski definition) is 5. The molecule has 0 heterocycles. The fourth-order valence-corrected chi connectivity index (χ4v) is 2.75. The van der Waals surface area contributed by atoms with Gasteiger partial charge in [-0.15, -0.1) is 0 Å². The van der Waals surface area contributed by atoms with Crippen molar-refractivity contribution in [3.63, 3.8) is 0 Å². The van der Waals surface area contributed by atoms with Crippen molar-refractivity contribution in [2.75, 3.05) is 20.5 Å². The smallest absolute Gasteiger partial charge is 0.337 e. The lowest BCUT2D eigenvalue weighted by Gasteiger charge is -2.24. The van der Waals surface area contributed by atoms with Gasteiger partial charge >= 0.3 is 5.97 Å². The molecule has 0 bridgehead atoms. The van der Waals surface area contributed by atoms with E-state index in [1.807, 2.05) is 20.8 Å². The number of esters is 1. The Bertz CT molecular complexity index is 624. The first-order valence-electron chi connectivity index (χ1n) is 6.03. The van der Waals surface area contributed by atoms with Crippen LogP contribution in [0.4, 0.5) is 0 Å². The van der Waals surface area contributed by atoms with E-state index in [-0.39, 0.29) is 21.6 Å². The molecule has 0 amide bonds. The predicted octanol–water partition coefficient (Wildman–Crippen LogP) is 2.18. The molecule has 0 radical (unpaired) electrons. The van der Waals surface area contributed by atoms with Crippen LogP contribution in [-0.4, -0.2) is 34.9 Å². The van der Waals surface area contributed by atoms with Gasteiger partial charge in [-0.05, 0) is 17.5 Å². The third-order valence-electron chi connectivity index (χ3n) is 2.89. The lowest BCUT2D eigenvalue weighted by Crippen LogP contribution is -2.17. The van der Waals surface area contributed by atoms with Crippen LogP contribution in [0.3, 0.4) is 0 Å². The van der Waals surface area contributed by atoms with E-state index in [1.165, 1.54) is 20.3 Å². The molecule has 112 valence electrons. The fraction of sp³-hybridized carbons (Fsp3) is 0.500. The Morgan fingerprint density at radius 2 is 1.70 bits per heavy atom. The number of benzene rings is 1. The standard InChI is InChI=1S/C14H20O5S/c1-14(2,3)10-7-9(13(15)19-5)8-11(12(10)18-4)20(6,16)17/h7-8H,1-6H3. The van der Waals surface area contributed by atoms with Gasteiger partial charge in [0.15, 0.2) is 9.84 Å². The molecule has 0 fully saturated rings. The monoisotopic (exact) mass is 300 g/mol. The van der Waals surface area contributed by atoms with Crippen LogP contribution < -0.4 is 4.74 Å². The van der Waals surface area contributed by atoms with Crippen LogP contribution in [0.1, 0.15) is 36.7 Å². The van der Waals surface area contributed by atoms with Crippen LogP contribution >= 0.6 is 0 Å². The first kappa shape index (κ1) is 16.5. The van der Waals surface area contributed by atoms with E-state index in [2.05, 4.69) is 4.74 Å². The van der Waals surface area contributed by atoms with Crippen molar-refractivity contribution in [2.24, 2.45) is 0 Å². The van der Waals surface area contributed by atoms with E-state index >= 15 is 0 Å². The van der Waals surface area contributed by atoms with Gasteiger partial charge in [-0.3, -0.25) is 0 Å². The number of methoxy groups -OCH3 is 2. The molecule has 0 aliphatic carbocycles. The lowest BCUT2D eigenvalue weighted by molar-refractivity contribution is 0.0600. The number of rotatable bonds is 3. The summed E-state index contributed by atoms with van der Waals surface area (Å²) >= 11 is 0. The molecule has 1 rings (SSSR count). The number of sulfone groups is 1. The second-order valence-electron chi connectivity index (χ2n) is 5.57. The van der Waals surface area contributed by atoms with Crippen LogP contribution in [-0.2, 0) is 20.0 Å². The molecule has 1 aromatic rings. The molecular weight excluding hydrogens is 280 g/mol. The quantitative estimate of drug-likeness (QED) is 0.800. The van der Waals surface area contributed by atoms with E-state index in [0.717, 1.165) is 6.26 Å². The van der Waals surface area contributed by atoms with Gasteiger partial charge in [0, 0.05) is 11.8 Å². The van der Waals surface area contributed by atoms with Gasteiger partial charge in [0.05, 0.1) is 19.8 Å². The molecule has 1 aromatic carbocycles. The minimum atomic E-state index is -3.53. The first-order valence-corrected chi connectivity index (χ1v) is 7.92. The largest absolute Gasteiger partial charge is 0.495 e. The third-order valence-corrected chi connectivity index (χ3v) is 3.99. The van der Waals surface area contributed by atoms with Crippen molar-refractivity contribution >= 4 is 15.8 Å². The molecular formula is C14H20O5S. The number of carbonyl (C=O) groups excluding carboxylic acids is 1. The van der Waals surface area contributed by atoms with E-state index in [9.17, 15) is 13.2 Å². The summed E-state index contributed by atoms with van der Waals surface area (Å²) in [4.78, 5) is 11.7. The minimum Gasteiger partial charge on any atom is -0.495 e. The van der Waals surface area contributed by atoms with Crippen molar-refractivity contribution in [2.45, 2.75) is 31.1 Å². The van der Waals surface area contributed by atoms with Gasteiger partial charge in [0.1, 0.15) is 10.6 Å². The van der Waals surface area contributed by atoms with E-state index in [1.54, 1.807) is 6.07 Å². The van der Waals surface area contributed by atoms with Gasteiger partial charge < -0.3 is 9.47 Å². The molecule has 0 spiro atoms. The zero-order chi connectivity index (χ0) is 15.7. The summed E-state index contributed by atoms with van der Waals surface area (Å²) in [6.07, 6.45) is 1.08. The number of ether oxygens (including phenoxy) is 2. The maximum absolute atomic E-state index is 11.9. The highest BCUT2D eigenvalue weighted by Crippen LogP contribution is 2.37. The Balaban J connectivity index is 3.79. The minimum absolute atomic E-state index is 0.00664. The molecule has 0 unspecified atom stereocenters. The number of hydrogen-bond donors (Lipinski definition) is 0. The second kappa shape index (κ2) is 5.44. The Morgan fingerprint density at radius 3 is 2.05 bits per heavy atom. The highest BCUT2D eigenvalue weighted by atomic mass is 32.2. The highest BCUT2D eigenvalue weighted by molar-refractivity contribution is 7.90. The predicted molar refractivity (Wildman–Crippen MR) is 76.1 cm³/mol. The summed E-state index contributed by atoms with van der Waals surface area (Å²) in [5.41, 5.74) is 0.455. The molecule has 0 atom stereocenters. The van der Waals surface area contributed by atoms with Crippen molar-refractivity contribution in [1.29, 1.82) is 0 Å². The Hall–Kier alpha value is -1.56. The SMILES string of the molecule is COC(=O)c1cc(C(C)(C)C)c(OC)c(S(C)(=O)=O)c1. The van der Waals surface area contributed by atoms with E-state index in [0.29, 0.717) is 5.56 Å². The number of carbonyl (C=O) groups is 1. The average molecular weight is 300 g/mol. The Kier molecular flexibility index (Phi) is 4.49. The van der Waals surface area contributed by atoms with Crippen molar-refractivity contribution in [1.82, 2.24) is 0 Å². The molecule has 0 saturated heterocycles. The lowest BCUT2D eigenvalue weighted by atomic mass is 9.85. The highest BCUT2D eigenvalue weighted by Gasteiger charge is 2.27. The molecule has 5 nitrogen and oxygen atoms in total. The molecule has 20 heavy (non-hydrogen) atoms. The summed E-state index contributed by atoms with van der Waals surface area (Å²) in [7, 11) is -0.858. The van der Waals surface area contributed by atoms with Crippen LogP contribution in [0.5, 0.6) is 5.75 Å². The molecule has 0 N–H and O–H groups in total.